The Kier molecular flexibility index (Phi) is 4.87. The largest absolute Gasteiger partial charge is 0.496 e. The van der Waals surface area contributed by atoms with Gasteiger partial charge in [-0.15, -0.1) is 0 Å². The van der Waals surface area contributed by atoms with Gasteiger partial charge in [-0.05, 0) is 36.0 Å². The van der Waals surface area contributed by atoms with E-state index in [1.54, 1.807) is 38.6 Å². The first-order chi connectivity index (χ1) is 11.6. The van der Waals surface area contributed by atoms with Crippen molar-refractivity contribution >= 4 is 46.2 Å². The molecule has 0 spiro atoms. The van der Waals surface area contributed by atoms with Crippen molar-refractivity contribution in [2.75, 3.05) is 14.2 Å². The number of nitrogens with zero attached hydrogens (tertiary/aromatic N) is 3. The van der Waals surface area contributed by atoms with E-state index in [0.29, 0.717) is 26.7 Å². The third-order valence-electron chi connectivity index (χ3n) is 3.38. The number of rotatable bonds is 3. The molecule has 1 aliphatic rings. The second kappa shape index (κ2) is 7.07. The minimum Gasteiger partial charge on any atom is -0.496 e. The summed E-state index contributed by atoms with van der Waals surface area (Å²) >= 11 is 7.32. The lowest BCUT2D eigenvalue weighted by atomic mass is 10.2. The van der Waals surface area contributed by atoms with Crippen LogP contribution in [0.25, 0.3) is 6.08 Å². The van der Waals surface area contributed by atoms with Gasteiger partial charge in [0.2, 0.25) is 0 Å². The number of amidine groups is 1. The summed E-state index contributed by atoms with van der Waals surface area (Å²) in [6.07, 6.45) is 3.39. The van der Waals surface area contributed by atoms with Crippen LogP contribution in [0.5, 0.6) is 5.75 Å². The molecule has 7 heteroatoms. The fourth-order valence-electron chi connectivity index (χ4n) is 2.14. The number of amides is 1. The van der Waals surface area contributed by atoms with E-state index in [-0.39, 0.29) is 5.91 Å². The van der Waals surface area contributed by atoms with Crippen LogP contribution in [0.15, 0.2) is 52.5 Å². The average Bonchev–Trinajstić information content (AvgIpc) is 2.85. The van der Waals surface area contributed by atoms with Crippen molar-refractivity contribution in [2.45, 2.75) is 0 Å². The monoisotopic (exact) mass is 359 g/mol. The van der Waals surface area contributed by atoms with Crippen LogP contribution in [-0.4, -0.2) is 35.1 Å². The molecule has 3 rings (SSSR count). The number of halogens is 1. The molecule has 0 saturated carbocycles. The van der Waals surface area contributed by atoms with Gasteiger partial charge in [0, 0.05) is 18.8 Å². The number of thioether (sulfide) groups is 1. The minimum atomic E-state index is -0.121. The van der Waals surface area contributed by atoms with Crippen LogP contribution in [0.4, 0.5) is 5.69 Å². The highest BCUT2D eigenvalue weighted by molar-refractivity contribution is 8.18. The zero-order chi connectivity index (χ0) is 17.1. The molecule has 1 aromatic carbocycles. The van der Waals surface area contributed by atoms with Crippen LogP contribution in [0.3, 0.4) is 0 Å². The molecule has 5 nitrogen and oxygen atoms in total. The number of aromatic nitrogens is 1. The quantitative estimate of drug-likeness (QED) is 0.614. The Bertz CT molecular complexity index is 851. The van der Waals surface area contributed by atoms with Gasteiger partial charge in [0.05, 0.1) is 12.0 Å². The predicted molar refractivity (Wildman–Crippen MR) is 97.7 cm³/mol. The number of hydrogen-bond acceptors (Lipinski definition) is 5. The summed E-state index contributed by atoms with van der Waals surface area (Å²) in [6.45, 7) is 0. The Morgan fingerprint density at radius 3 is 2.83 bits per heavy atom. The molecule has 122 valence electrons. The molecule has 2 heterocycles. The van der Waals surface area contributed by atoms with Crippen molar-refractivity contribution in [3.63, 3.8) is 0 Å². The van der Waals surface area contributed by atoms with E-state index in [1.165, 1.54) is 16.7 Å². The number of likely N-dealkylation sites (N-methyl/N-ethyl adjacent to an activating group) is 1. The van der Waals surface area contributed by atoms with E-state index in [9.17, 15) is 4.79 Å². The molecule has 1 fully saturated rings. The van der Waals surface area contributed by atoms with Crippen molar-refractivity contribution in [1.82, 2.24) is 9.88 Å². The fourth-order valence-corrected chi connectivity index (χ4v) is 3.27. The van der Waals surface area contributed by atoms with Gasteiger partial charge in [0.1, 0.15) is 11.4 Å². The standard InChI is InChI=1S/C17H14ClN3O2S/c1-21-16(22)14(10-11-6-3-4-8-13(11)23-2)24-17(21)20-12-7-5-9-19-15(12)18/h3-10H,1-2H3/b14-10-,20-17?. The summed E-state index contributed by atoms with van der Waals surface area (Å²) in [7, 11) is 3.28. The van der Waals surface area contributed by atoms with E-state index in [4.69, 9.17) is 16.3 Å². The molecule has 0 N–H and O–H groups in total. The molecule has 0 aliphatic carbocycles. The SMILES string of the molecule is COc1ccccc1/C=C1\SC(=Nc2cccnc2Cl)N(C)C1=O. The molecule has 0 unspecified atom stereocenters. The van der Waals surface area contributed by atoms with Crippen molar-refractivity contribution in [3.05, 3.63) is 58.2 Å². The summed E-state index contributed by atoms with van der Waals surface area (Å²) in [4.78, 5) is 23.0. The second-order valence-electron chi connectivity index (χ2n) is 4.92. The number of hydrogen-bond donors (Lipinski definition) is 0. The molecule has 24 heavy (non-hydrogen) atoms. The Hall–Kier alpha value is -2.31. The smallest absolute Gasteiger partial charge is 0.266 e. The molecule has 2 aromatic rings. The fraction of sp³-hybridized carbons (Fsp3) is 0.118. The highest BCUT2D eigenvalue weighted by Gasteiger charge is 2.30. The maximum atomic E-state index is 12.5. The molecule has 1 saturated heterocycles. The lowest BCUT2D eigenvalue weighted by Gasteiger charge is -2.07. The van der Waals surface area contributed by atoms with Gasteiger partial charge in [-0.25, -0.2) is 9.98 Å². The molecule has 1 aliphatic heterocycles. The average molecular weight is 360 g/mol. The van der Waals surface area contributed by atoms with Crippen molar-refractivity contribution < 1.29 is 9.53 Å². The maximum Gasteiger partial charge on any atom is 0.266 e. The topological polar surface area (TPSA) is 54.8 Å². The number of pyridine rings is 1. The Morgan fingerprint density at radius 1 is 1.29 bits per heavy atom. The maximum absolute atomic E-state index is 12.5. The van der Waals surface area contributed by atoms with Crippen LogP contribution in [0, 0.1) is 0 Å². The first kappa shape index (κ1) is 16.5. The van der Waals surface area contributed by atoms with Gasteiger partial charge < -0.3 is 4.74 Å². The van der Waals surface area contributed by atoms with E-state index in [1.807, 2.05) is 24.3 Å². The summed E-state index contributed by atoms with van der Waals surface area (Å²) in [5, 5.41) is 0.852. The van der Waals surface area contributed by atoms with E-state index in [2.05, 4.69) is 9.98 Å². The lowest BCUT2D eigenvalue weighted by molar-refractivity contribution is -0.121. The van der Waals surface area contributed by atoms with Crippen LogP contribution in [0.2, 0.25) is 5.15 Å². The number of methoxy groups -OCH3 is 1. The minimum absolute atomic E-state index is 0.121. The van der Waals surface area contributed by atoms with Crippen LogP contribution < -0.4 is 4.74 Å². The van der Waals surface area contributed by atoms with Gasteiger partial charge in [-0.3, -0.25) is 9.69 Å². The number of carbonyl (C=O) groups is 1. The highest BCUT2D eigenvalue weighted by atomic mass is 35.5. The lowest BCUT2D eigenvalue weighted by Crippen LogP contribution is -2.23. The molecule has 0 atom stereocenters. The number of carbonyl (C=O) groups excluding carboxylic acids is 1. The number of benzene rings is 1. The molecule has 0 bridgehead atoms. The summed E-state index contributed by atoms with van der Waals surface area (Å²) in [5.74, 6) is 0.589. The van der Waals surface area contributed by atoms with E-state index < -0.39 is 0 Å². The van der Waals surface area contributed by atoms with Crippen molar-refractivity contribution in [3.8, 4) is 5.75 Å². The van der Waals surface area contributed by atoms with Crippen LogP contribution in [0.1, 0.15) is 5.56 Å². The van der Waals surface area contributed by atoms with E-state index >= 15 is 0 Å². The zero-order valence-corrected chi connectivity index (χ0v) is 14.6. The molecular weight excluding hydrogens is 346 g/mol. The van der Waals surface area contributed by atoms with Gasteiger partial charge >= 0.3 is 0 Å². The third-order valence-corrected chi connectivity index (χ3v) is 4.74. The summed E-state index contributed by atoms with van der Waals surface area (Å²) in [6, 6.07) is 11.0. The third kappa shape index (κ3) is 3.29. The van der Waals surface area contributed by atoms with Gasteiger partial charge in [-0.1, -0.05) is 29.8 Å². The van der Waals surface area contributed by atoms with Crippen molar-refractivity contribution in [1.29, 1.82) is 0 Å². The first-order valence-electron chi connectivity index (χ1n) is 7.10. The summed E-state index contributed by atoms with van der Waals surface area (Å²) < 4.78 is 5.32. The molecular formula is C17H14ClN3O2S. The number of para-hydroxylation sites is 1. The molecule has 1 amide bonds. The zero-order valence-electron chi connectivity index (χ0n) is 13.1. The second-order valence-corrected chi connectivity index (χ2v) is 6.29. The normalized spacial score (nSPS) is 17.8. The highest BCUT2D eigenvalue weighted by Crippen LogP contribution is 2.35. The summed E-state index contributed by atoms with van der Waals surface area (Å²) in [5.41, 5.74) is 1.37. The predicted octanol–water partition coefficient (Wildman–Crippen LogP) is 3.98. The Morgan fingerprint density at radius 2 is 2.08 bits per heavy atom. The Balaban J connectivity index is 1.95. The Labute approximate surface area is 149 Å². The molecule has 0 radical (unpaired) electrons. The van der Waals surface area contributed by atoms with Crippen LogP contribution in [-0.2, 0) is 4.79 Å². The van der Waals surface area contributed by atoms with Gasteiger partial charge in [0.15, 0.2) is 10.3 Å². The first-order valence-corrected chi connectivity index (χ1v) is 8.29. The van der Waals surface area contributed by atoms with Gasteiger partial charge in [-0.2, -0.15) is 0 Å². The number of aliphatic imine (C=N–C) groups is 1. The molecule has 1 aromatic heterocycles. The van der Waals surface area contributed by atoms with Gasteiger partial charge in [0.25, 0.3) is 5.91 Å². The number of ether oxygens (including phenoxy) is 1. The van der Waals surface area contributed by atoms with Crippen LogP contribution >= 0.6 is 23.4 Å². The van der Waals surface area contributed by atoms with Crippen molar-refractivity contribution in [2.24, 2.45) is 4.99 Å². The van der Waals surface area contributed by atoms with E-state index in [0.717, 1.165) is 5.56 Å².